The summed E-state index contributed by atoms with van der Waals surface area (Å²) in [4.78, 5) is 4.27. The fourth-order valence-electron chi connectivity index (χ4n) is 2.91. The molecular weight excluding hydrogens is 329 g/mol. The zero-order valence-corrected chi connectivity index (χ0v) is 16.0. The number of benzene rings is 2. The van der Waals surface area contributed by atoms with E-state index in [2.05, 4.69) is 28.6 Å². The lowest BCUT2D eigenvalue weighted by molar-refractivity contribution is 0.406. The van der Waals surface area contributed by atoms with Crippen LogP contribution in [-0.4, -0.2) is 33.2 Å². The first kappa shape index (κ1) is 19.8. The summed E-state index contributed by atoms with van der Waals surface area (Å²) in [5, 5.41) is 6.66. The molecule has 0 fully saturated rings. The molecule has 0 spiro atoms. The molecule has 2 aromatic carbocycles. The van der Waals surface area contributed by atoms with Crippen LogP contribution in [-0.2, 0) is 6.42 Å². The van der Waals surface area contributed by atoms with Crippen LogP contribution in [0, 0.1) is 12.7 Å². The third-order valence-corrected chi connectivity index (χ3v) is 4.46. The molecule has 0 aliphatic carbocycles. The highest BCUT2D eigenvalue weighted by molar-refractivity contribution is 5.79. The zero-order chi connectivity index (χ0) is 18.9. The van der Waals surface area contributed by atoms with Gasteiger partial charge in [-0.15, -0.1) is 0 Å². The lowest BCUT2D eigenvalue weighted by atomic mass is 10.0. The monoisotopic (exact) mass is 357 g/mol. The van der Waals surface area contributed by atoms with Crippen LogP contribution in [0.15, 0.2) is 47.5 Å². The fourth-order valence-corrected chi connectivity index (χ4v) is 2.91. The number of hydrogen-bond donors (Lipinski definition) is 2. The Labute approximate surface area is 155 Å². The number of nitrogens with zero attached hydrogens (tertiary/aromatic N) is 1. The second-order valence-corrected chi connectivity index (χ2v) is 6.34. The Morgan fingerprint density at radius 2 is 1.96 bits per heavy atom. The third kappa shape index (κ3) is 5.48. The van der Waals surface area contributed by atoms with Gasteiger partial charge in [-0.1, -0.05) is 31.2 Å². The van der Waals surface area contributed by atoms with Crippen molar-refractivity contribution < 1.29 is 9.13 Å². The highest BCUT2D eigenvalue weighted by atomic mass is 19.1. The van der Waals surface area contributed by atoms with Gasteiger partial charge in [-0.2, -0.15) is 0 Å². The topological polar surface area (TPSA) is 45.7 Å². The van der Waals surface area contributed by atoms with Crippen molar-refractivity contribution in [3.63, 3.8) is 0 Å². The van der Waals surface area contributed by atoms with Gasteiger partial charge in [0.1, 0.15) is 11.6 Å². The number of ether oxygens (including phenoxy) is 1. The van der Waals surface area contributed by atoms with Gasteiger partial charge in [0.05, 0.1) is 7.11 Å². The van der Waals surface area contributed by atoms with Crippen LogP contribution >= 0.6 is 0 Å². The van der Waals surface area contributed by atoms with E-state index in [1.54, 1.807) is 20.2 Å². The lowest BCUT2D eigenvalue weighted by Gasteiger charge is -2.18. The Morgan fingerprint density at radius 1 is 1.19 bits per heavy atom. The Hall–Kier alpha value is -2.56. The average molecular weight is 357 g/mol. The Morgan fingerprint density at radius 3 is 2.65 bits per heavy atom. The van der Waals surface area contributed by atoms with Crippen LogP contribution in [0.5, 0.6) is 5.75 Å². The molecule has 4 nitrogen and oxygen atoms in total. The van der Waals surface area contributed by atoms with Crippen LogP contribution in [0.2, 0.25) is 0 Å². The molecule has 0 saturated heterocycles. The van der Waals surface area contributed by atoms with Gasteiger partial charge in [0.15, 0.2) is 5.96 Å². The van der Waals surface area contributed by atoms with Crippen molar-refractivity contribution in [1.29, 1.82) is 0 Å². The van der Waals surface area contributed by atoms with Gasteiger partial charge in [0, 0.05) is 26.1 Å². The molecule has 0 heterocycles. The largest absolute Gasteiger partial charge is 0.496 e. The molecule has 1 atom stereocenters. The van der Waals surface area contributed by atoms with Gasteiger partial charge >= 0.3 is 0 Å². The van der Waals surface area contributed by atoms with Crippen LogP contribution in [0.4, 0.5) is 4.39 Å². The maximum Gasteiger partial charge on any atom is 0.191 e. The number of methoxy groups -OCH3 is 1. The molecule has 0 radical (unpaired) electrons. The number of guanidine groups is 1. The summed E-state index contributed by atoms with van der Waals surface area (Å²) in [6.45, 7) is 5.56. The fraction of sp³-hybridized carbons (Fsp3) is 0.381. The minimum Gasteiger partial charge on any atom is -0.496 e. The predicted octanol–water partition coefficient (Wildman–Crippen LogP) is 3.65. The molecule has 0 aliphatic heterocycles. The summed E-state index contributed by atoms with van der Waals surface area (Å²) in [5.41, 5.74) is 3.27. The maximum absolute atomic E-state index is 13.2. The van der Waals surface area contributed by atoms with Crippen molar-refractivity contribution in [1.82, 2.24) is 10.6 Å². The maximum atomic E-state index is 13.2. The first-order valence-corrected chi connectivity index (χ1v) is 8.87. The molecule has 26 heavy (non-hydrogen) atoms. The first-order valence-electron chi connectivity index (χ1n) is 8.87. The number of aliphatic imine (C=N–C) groups is 1. The van der Waals surface area contributed by atoms with Gasteiger partial charge in [0.2, 0.25) is 0 Å². The molecular formula is C21H28FN3O. The smallest absolute Gasteiger partial charge is 0.191 e. The molecule has 0 aliphatic rings. The minimum atomic E-state index is -0.193. The summed E-state index contributed by atoms with van der Waals surface area (Å²) in [6, 6.07) is 13.0. The highest BCUT2D eigenvalue weighted by Gasteiger charge is 2.11. The van der Waals surface area contributed by atoms with Crippen molar-refractivity contribution in [2.45, 2.75) is 26.2 Å². The Bertz CT molecular complexity index is 746. The number of hydrogen-bond acceptors (Lipinski definition) is 2. The van der Waals surface area contributed by atoms with Crippen molar-refractivity contribution in [3.05, 3.63) is 65.0 Å². The lowest BCUT2D eigenvalue weighted by Crippen LogP contribution is -2.40. The van der Waals surface area contributed by atoms with E-state index in [0.29, 0.717) is 0 Å². The summed E-state index contributed by atoms with van der Waals surface area (Å²) >= 11 is 0. The molecule has 2 aromatic rings. The molecule has 2 rings (SSSR count). The molecule has 140 valence electrons. The van der Waals surface area contributed by atoms with Crippen LogP contribution < -0.4 is 15.4 Å². The first-order chi connectivity index (χ1) is 12.5. The zero-order valence-electron chi connectivity index (χ0n) is 16.0. The number of aryl methyl sites for hydroxylation is 1. The van der Waals surface area contributed by atoms with Crippen LogP contribution in [0.3, 0.4) is 0 Å². The quantitative estimate of drug-likeness (QED) is 0.587. The number of rotatable bonds is 7. The predicted molar refractivity (Wildman–Crippen MR) is 106 cm³/mol. The standard InChI is InChI=1S/C21H28FN3O/c1-15-13-18(22)10-9-17(15)11-12-24-21(23-3)25-14-16(2)19-7-5-6-8-20(19)26-4/h5-10,13,16H,11-12,14H2,1-4H3,(H2,23,24,25). The third-order valence-electron chi connectivity index (χ3n) is 4.46. The summed E-state index contributed by atoms with van der Waals surface area (Å²) in [6.07, 6.45) is 0.814. The molecule has 0 aromatic heterocycles. The van der Waals surface area contributed by atoms with E-state index in [9.17, 15) is 4.39 Å². The second-order valence-electron chi connectivity index (χ2n) is 6.34. The summed E-state index contributed by atoms with van der Waals surface area (Å²) in [5.74, 6) is 1.74. The Kier molecular flexibility index (Phi) is 7.45. The van der Waals surface area contributed by atoms with E-state index in [1.165, 1.54) is 11.6 Å². The second kappa shape index (κ2) is 9.80. The molecule has 5 heteroatoms. The van der Waals surface area contributed by atoms with Gasteiger partial charge < -0.3 is 15.4 Å². The Balaban J connectivity index is 1.84. The van der Waals surface area contributed by atoms with Gasteiger partial charge in [-0.05, 0) is 48.2 Å². The van der Waals surface area contributed by atoms with Gasteiger partial charge in [-0.25, -0.2) is 4.39 Å². The SMILES string of the molecule is CN=C(NCCc1ccc(F)cc1C)NCC(C)c1ccccc1OC. The van der Waals surface area contributed by atoms with E-state index < -0.39 is 0 Å². The van der Waals surface area contributed by atoms with E-state index >= 15 is 0 Å². The van der Waals surface area contributed by atoms with E-state index in [0.717, 1.165) is 42.3 Å². The molecule has 0 saturated carbocycles. The van der Waals surface area contributed by atoms with Crippen LogP contribution in [0.1, 0.15) is 29.5 Å². The highest BCUT2D eigenvalue weighted by Crippen LogP contribution is 2.25. The van der Waals surface area contributed by atoms with Crippen molar-refractivity contribution in [3.8, 4) is 5.75 Å². The molecule has 1 unspecified atom stereocenters. The van der Waals surface area contributed by atoms with Crippen LogP contribution in [0.25, 0.3) is 0 Å². The van der Waals surface area contributed by atoms with Gasteiger partial charge in [-0.3, -0.25) is 4.99 Å². The normalized spacial score (nSPS) is 12.6. The summed E-state index contributed by atoms with van der Waals surface area (Å²) in [7, 11) is 3.45. The summed E-state index contributed by atoms with van der Waals surface area (Å²) < 4.78 is 18.6. The minimum absolute atomic E-state index is 0.193. The van der Waals surface area contributed by atoms with E-state index in [1.807, 2.05) is 31.2 Å². The molecule has 0 bridgehead atoms. The van der Waals surface area contributed by atoms with Crippen molar-refractivity contribution in [2.75, 3.05) is 27.2 Å². The molecule has 0 amide bonds. The van der Waals surface area contributed by atoms with Gasteiger partial charge in [0.25, 0.3) is 0 Å². The van der Waals surface area contributed by atoms with E-state index in [4.69, 9.17) is 4.74 Å². The van der Waals surface area contributed by atoms with E-state index in [-0.39, 0.29) is 11.7 Å². The van der Waals surface area contributed by atoms with Crippen molar-refractivity contribution in [2.24, 2.45) is 4.99 Å². The average Bonchev–Trinajstić information content (AvgIpc) is 2.65. The molecule has 2 N–H and O–H groups in total. The number of para-hydroxylation sites is 1. The number of halogens is 1. The number of nitrogens with one attached hydrogen (secondary N) is 2. The van der Waals surface area contributed by atoms with Crippen molar-refractivity contribution >= 4 is 5.96 Å².